The molecule has 0 atom stereocenters. The quantitative estimate of drug-likeness (QED) is 0.810. The summed E-state index contributed by atoms with van der Waals surface area (Å²) in [6.07, 6.45) is 0. The van der Waals surface area contributed by atoms with Gasteiger partial charge in [-0.2, -0.15) is 0 Å². The average Bonchev–Trinajstić information content (AvgIpc) is 2.51. The molecule has 0 aliphatic carbocycles. The van der Waals surface area contributed by atoms with Crippen molar-refractivity contribution in [2.45, 2.75) is 25.7 Å². The molecule has 0 aliphatic heterocycles. The van der Waals surface area contributed by atoms with Gasteiger partial charge in [0.2, 0.25) is 15.9 Å². The number of benzene rings is 2. The van der Waals surface area contributed by atoms with E-state index in [0.717, 1.165) is 17.7 Å². The summed E-state index contributed by atoms with van der Waals surface area (Å²) in [6, 6.07) is 8.61. The van der Waals surface area contributed by atoms with Gasteiger partial charge in [-0.25, -0.2) is 17.5 Å². The molecule has 0 bridgehead atoms. The van der Waals surface area contributed by atoms with Gasteiger partial charge in [0, 0.05) is 30.7 Å². The number of carbonyl (C=O) groups excluding carboxylic acids is 1. The lowest BCUT2D eigenvalue weighted by Gasteiger charge is -2.23. The molecule has 0 heterocycles. The van der Waals surface area contributed by atoms with Crippen LogP contribution in [-0.2, 0) is 14.8 Å². The largest absolute Gasteiger partial charge is 0.311 e. The van der Waals surface area contributed by atoms with Gasteiger partial charge in [-0.1, -0.05) is 11.6 Å². The van der Waals surface area contributed by atoms with Gasteiger partial charge in [0.15, 0.2) is 0 Å². The molecule has 140 valence electrons. The highest BCUT2D eigenvalue weighted by Gasteiger charge is 2.19. The number of hydrogen-bond acceptors (Lipinski definition) is 3. The molecule has 0 spiro atoms. The third kappa shape index (κ3) is 4.81. The van der Waals surface area contributed by atoms with Crippen LogP contribution in [0.5, 0.6) is 0 Å². The maximum atomic E-state index is 13.2. The van der Waals surface area contributed by atoms with E-state index < -0.39 is 15.8 Å². The lowest BCUT2D eigenvalue weighted by molar-refractivity contribution is -0.116. The number of nitrogens with one attached hydrogen (secondary N) is 1. The molecule has 0 saturated heterocycles. The van der Waals surface area contributed by atoms with Crippen LogP contribution in [-0.4, -0.2) is 27.4 Å². The molecule has 0 aromatic heterocycles. The standard InChI is InChI=1S/C18H20ClFN2O3S/c1-12-10-15(19)4-6-17(12)22(14(3)23)9-8-21-26(24,25)18-7-5-16(20)11-13(18)2/h4-7,10-11,21H,8-9H2,1-3H3. The Labute approximate surface area is 157 Å². The van der Waals surface area contributed by atoms with E-state index in [1.807, 2.05) is 6.92 Å². The third-order valence-electron chi connectivity index (χ3n) is 3.88. The van der Waals surface area contributed by atoms with Crippen molar-refractivity contribution in [1.29, 1.82) is 0 Å². The molecule has 0 fully saturated rings. The van der Waals surface area contributed by atoms with Crippen LogP contribution in [0.15, 0.2) is 41.3 Å². The van der Waals surface area contributed by atoms with Gasteiger partial charge in [-0.15, -0.1) is 0 Å². The van der Waals surface area contributed by atoms with Crippen LogP contribution in [0.25, 0.3) is 0 Å². The highest BCUT2D eigenvalue weighted by Crippen LogP contribution is 2.23. The second-order valence-electron chi connectivity index (χ2n) is 5.91. The zero-order valence-corrected chi connectivity index (χ0v) is 16.3. The number of halogens is 2. The van der Waals surface area contributed by atoms with Crippen molar-refractivity contribution in [2.75, 3.05) is 18.0 Å². The molecule has 2 aromatic rings. The summed E-state index contributed by atoms with van der Waals surface area (Å²) in [6.45, 7) is 4.92. The Balaban J connectivity index is 2.13. The minimum absolute atomic E-state index is 0.0101. The molecule has 26 heavy (non-hydrogen) atoms. The van der Waals surface area contributed by atoms with Crippen LogP contribution in [0.1, 0.15) is 18.1 Å². The molecule has 8 heteroatoms. The van der Waals surface area contributed by atoms with Gasteiger partial charge in [-0.3, -0.25) is 4.79 Å². The van der Waals surface area contributed by atoms with Gasteiger partial charge in [-0.05, 0) is 61.4 Å². The Kier molecular flexibility index (Phi) is 6.39. The van der Waals surface area contributed by atoms with E-state index in [-0.39, 0.29) is 23.9 Å². The van der Waals surface area contributed by atoms with E-state index in [4.69, 9.17) is 11.6 Å². The summed E-state index contributed by atoms with van der Waals surface area (Å²) >= 11 is 5.94. The number of amides is 1. The van der Waals surface area contributed by atoms with Gasteiger partial charge in [0.05, 0.1) is 4.90 Å². The van der Waals surface area contributed by atoms with Crippen molar-refractivity contribution < 1.29 is 17.6 Å². The number of sulfonamides is 1. The molecule has 1 amide bonds. The van der Waals surface area contributed by atoms with Gasteiger partial charge in [0.25, 0.3) is 0 Å². The Morgan fingerprint density at radius 3 is 2.42 bits per heavy atom. The van der Waals surface area contributed by atoms with Crippen molar-refractivity contribution in [2.24, 2.45) is 0 Å². The number of anilines is 1. The van der Waals surface area contributed by atoms with E-state index >= 15 is 0 Å². The Bertz CT molecular complexity index is 932. The van der Waals surface area contributed by atoms with Crippen LogP contribution >= 0.6 is 11.6 Å². The number of hydrogen-bond donors (Lipinski definition) is 1. The fourth-order valence-electron chi connectivity index (χ4n) is 2.65. The maximum absolute atomic E-state index is 13.2. The van der Waals surface area contributed by atoms with E-state index in [9.17, 15) is 17.6 Å². The molecule has 0 unspecified atom stereocenters. The van der Waals surface area contributed by atoms with Crippen LogP contribution in [0.3, 0.4) is 0 Å². The van der Waals surface area contributed by atoms with Gasteiger partial charge in [0.1, 0.15) is 5.82 Å². The summed E-state index contributed by atoms with van der Waals surface area (Å²) in [4.78, 5) is 13.5. The van der Waals surface area contributed by atoms with Crippen molar-refractivity contribution in [3.63, 3.8) is 0 Å². The van der Waals surface area contributed by atoms with E-state index in [1.54, 1.807) is 18.2 Å². The predicted molar refractivity (Wildman–Crippen MR) is 101 cm³/mol. The smallest absolute Gasteiger partial charge is 0.240 e. The van der Waals surface area contributed by atoms with Crippen LogP contribution in [0.4, 0.5) is 10.1 Å². The lowest BCUT2D eigenvalue weighted by atomic mass is 10.2. The molecular weight excluding hydrogens is 379 g/mol. The lowest BCUT2D eigenvalue weighted by Crippen LogP contribution is -2.38. The normalized spacial score (nSPS) is 11.4. The summed E-state index contributed by atoms with van der Waals surface area (Å²) in [7, 11) is -3.80. The predicted octanol–water partition coefficient (Wildman–Crippen LogP) is 3.43. The Hall–Kier alpha value is -1.96. The van der Waals surface area contributed by atoms with Gasteiger partial charge < -0.3 is 4.90 Å². The fourth-order valence-corrected chi connectivity index (χ4v) is 4.13. The maximum Gasteiger partial charge on any atom is 0.240 e. The minimum Gasteiger partial charge on any atom is -0.311 e. The summed E-state index contributed by atoms with van der Waals surface area (Å²) in [5, 5.41) is 0.558. The molecular formula is C18H20ClFN2O3S. The molecule has 0 aliphatic rings. The zero-order chi connectivity index (χ0) is 19.5. The number of nitrogens with zero attached hydrogens (tertiary/aromatic N) is 1. The molecule has 2 aromatic carbocycles. The molecule has 0 saturated carbocycles. The highest BCUT2D eigenvalue weighted by atomic mass is 35.5. The van der Waals surface area contributed by atoms with Crippen LogP contribution in [0, 0.1) is 19.7 Å². The summed E-state index contributed by atoms with van der Waals surface area (Å²) in [5.41, 5.74) is 1.79. The number of carbonyl (C=O) groups is 1. The Morgan fingerprint density at radius 1 is 1.15 bits per heavy atom. The molecule has 1 N–H and O–H groups in total. The summed E-state index contributed by atoms with van der Waals surface area (Å²) in [5.74, 6) is -0.713. The SMILES string of the molecule is CC(=O)N(CCNS(=O)(=O)c1ccc(F)cc1C)c1ccc(Cl)cc1C. The first-order valence-corrected chi connectivity index (χ1v) is 9.78. The molecule has 0 radical (unpaired) electrons. The second kappa shape index (κ2) is 8.16. The first-order chi connectivity index (χ1) is 12.1. The van der Waals surface area contributed by atoms with E-state index in [2.05, 4.69) is 4.72 Å². The third-order valence-corrected chi connectivity index (χ3v) is 5.74. The van der Waals surface area contributed by atoms with Gasteiger partial charge >= 0.3 is 0 Å². The molecule has 2 rings (SSSR count). The first-order valence-electron chi connectivity index (χ1n) is 7.92. The highest BCUT2D eigenvalue weighted by molar-refractivity contribution is 7.89. The number of aryl methyl sites for hydroxylation is 2. The second-order valence-corrected chi connectivity index (χ2v) is 8.08. The number of rotatable bonds is 6. The fraction of sp³-hybridized carbons (Fsp3) is 0.278. The van der Waals surface area contributed by atoms with Crippen LogP contribution in [0.2, 0.25) is 5.02 Å². The summed E-state index contributed by atoms with van der Waals surface area (Å²) < 4.78 is 40.4. The van der Waals surface area contributed by atoms with E-state index in [1.165, 1.54) is 24.8 Å². The average molecular weight is 399 g/mol. The van der Waals surface area contributed by atoms with Crippen molar-refractivity contribution in [3.8, 4) is 0 Å². The van der Waals surface area contributed by atoms with E-state index in [0.29, 0.717) is 16.3 Å². The first kappa shape index (κ1) is 20.4. The zero-order valence-electron chi connectivity index (χ0n) is 14.7. The Morgan fingerprint density at radius 2 is 1.85 bits per heavy atom. The van der Waals surface area contributed by atoms with Crippen molar-refractivity contribution in [3.05, 3.63) is 58.4 Å². The monoisotopic (exact) mass is 398 g/mol. The van der Waals surface area contributed by atoms with Crippen molar-refractivity contribution in [1.82, 2.24) is 4.72 Å². The van der Waals surface area contributed by atoms with Crippen LogP contribution < -0.4 is 9.62 Å². The minimum atomic E-state index is -3.80. The molecule has 5 nitrogen and oxygen atoms in total. The topological polar surface area (TPSA) is 66.5 Å². The van der Waals surface area contributed by atoms with Crippen molar-refractivity contribution >= 4 is 33.2 Å².